The highest BCUT2D eigenvalue weighted by Crippen LogP contribution is 2.21. The molecule has 0 aliphatic rings. The van der Waals surface area contributed by atoms with Crippen molar-refractivity contribution in [2.45, 2.75) is 0 Å². The third-order valence-corrected chi connectivity index (χ3v) is 2.11. The van der Waals surface area contributed by atoms with E-state index in [1.807, 2.05) is 0 Å². The lowest BCUT2D eigenvalue weighted by Gasteiger charge is -2.09. The van der Waals surface area contributed by atoms with E-state index in [1.165, 1.54) is 12.1 Å². The molecule has 1 aromatic carbocycles. The molecule has 4 N–H and O–H groups in total. The number of nitrogens with two attached hydrogens (primary N) is 1. The Kier molecular flexibility index (Phi) is 9.07. The molecule has 7 nitrogen and oxygen atoms in total. The van der Waals surface area contributed by atoms with E-state index in [4.69, 9.17) is 27.6 Å². The number of nitro groups is 1. The third kappa shape index (κ3) is 7.15. The predicted octanol–water partition coefficient (Wildman–Crippen LogP) is 0.877. The van der Waals surface area contributed by atoms with Gasteiger partial charge >= 0.3 is 0 Å². The number of aliphatic hydroxyl groups excluding tert-OH is 1. The summed E-state index contributed by atoms with van der Waals surface area (Å²) in [7, 11) is 0. The van der Waals surface area contributed by atoms with Crippen molar-refractivity contribution in [3.63, 3.8) is 0 Å². The number of rotatable bonds is 5. The van der Waals surface area contributed by atoms with Gasteiger partial charge in [-0.25, -0.2) is 0 Å². The Labute approximate surface area is 109 Å². The zero-order valence-corrected chi connectivity index (χ0v) is 10.5. The Morgan fingerprint density at radius 1 is 1.39 bits per heavy atom. The van der Waals surface area contributed by atoms with E-state index in [-0.39, 0.29) is 23.9 Å². The standard InChI is InChI=1S/C6H4ClNO2.C4H12N2O2/c7-5-3-1-2-4-6(5)8(9)10;5-1-2-6(8)3-4-7/h1-4H;7-8H,1-5H2. The summed E-state index contributed by atoms with van der Waals surface area (Å²) < 4.78 is 0. The molecular weight excluding hydrogens is 262 g/mol. The van der Waals surface area contributed by atoms with Crippen LogP contribution in [0.15, 0.2) is 24.3 Å². The molecule has 0 aliphatic heterocycles. The van der Waals surface area contributed by atoms with Gasteiger partial charge in [-0.3, -0.25) is 10.1 Å². The molecule has 0 fully saturated rings. The molecule has 0 aliphatic carbocycles. The average Bonchev–Trinajstić information content (AvgIpc) is 2.30. The van der Waals surface area contributed by atoms with Gasteiger partial charge in [-0.15, -0.1) is 0 Å². The Morgan fingerprint density at radius 3 is 2.39 bits per heavy atom. The number of hydrogen-bond acceptors (Lipinski definition) is 6. The molecule has 1 aromatic rings. The molecule has 0 amide bonds. The predicted molar refractivity (Wildman–Crippen MR) is 67.6 cm³/mol. The summed E-state index contributed by atoms with van der Waals surface area (Å²) in [6, 6.07) is 6.07. The van der Waals surface area contributed by atoms with Gasteiger partial charge in [-0.05, 0) is 6.07 Å². The van der Waals surface area contributed by atoms with Crippen LogP contribution in [0.5, 0.6) is 0 Å². The maximum Gasteiger partial charge on any atom is 0.287 e. The Balaban J connectivity index is 0.000000331. The van der Waals surface area contributed by atoms with Gasteiger partial charge in [0, 0.05) is 25.7 Å². The van der Waals surface area contributed by atoms with Crippen LogP contribution in [0.4, 0.5) is 5.69 Å². The highest BCUT2D eigenvalue weighted by Gasteiger charge is 2.08. The fourth-order valence-corrected chi connectivity index (χ4v) is 1.18. The third-order valence-electron chi connectivity index (χ3n) is 1.79. The zero-order valence-electron chi connectivity index (χ0n) is 9.70. The summed E-state index contributed by atoms with van der Waals surface area (Å²) in [6.45, 7) is 1.07. The molecule has 0 unspecified atom stereocenters. The number of hydroxylamine groups is 2. The zero-order chi connectivity index (χ0) is 14.0. The largest absolute Gasteiger partial charge is 0.395 e. The van der Waals surface area contributed by atoms with Crippen LogP contribution in [0.2, 0.25) is 5.02 Å². The van der Waals surface area contributed by atoms with Gasteiger partial charge in [0.1, 0.15) is 5.02 Å². The maximum absolute atomic E-state index is 10.1. The molecular formula is C10H16ClN3O4. The number of nitrogens with zero attached hydrogens (tertiary/aromatic N) is 2. The molecule has 0 aromatic heterocycles. The lowest BCUT2D eigenvalue weighted by atomic mass is 10.3. The smallest absolute Gasteiger partial charge is 0.287 e. The van der Waals surface area contributed by atoms with Crippen LogP contribution in [0, 0.1) is 10.1 Å². The van der Waals surface area contributed by atoms with Crippen molar-refractivity contribution < 1.29 is 15.2 Å². The van der Waals surface area contributed by atoms with Crippen LogP contribution in [0.3, 0.4) is 0 Å². The highest BCUT2D eigenvalue weighted by atomic mass is 35.5. The van der Waals surface area contributed by atoms with E-state index in [1.54, 1.807) is 12.1 Å². The first kappa shape index (κ1) is 16.8. The molecule has 0 heterocycles. The van der Waals surface area contributed by atoms with Gasteiger partial charge < -0.3 is 16.0 Å². The Bertz CT molecular complexity index is 359. The van der Waals surface area contributed by atoms with Crippen molar-refractivity contribution in [1.82, 2.24) is 5.06 Å². The van der Waals surface area contributed by atoms with Gasteiger partial charge in [0.05, 0.1) is 11.5 Å². The minimum Gasteiger partial charge on any atom is -0.395 e. The first-order chi connectivity index (χ1) is 8.52. The minimum atomic E-state index is -0.512. The van der Waals surface area contributed by atoms with Crippen LogP contribution in [-0.2, 0) is 0 Å². The van der Waals surface area contributed by atoms with Crippen molar-refractivity contribution in [3.8, 4) is 0 Å². The van der Waals surface area contributed by atoms with E-state index in [0.29, 0.717) is 13.1 Å². The van der Waals surface area contributed by atoms with Crippen molar-refractivity contribution in [1.29, 1.82) is 0 Å². The first-order valence-corrected chi connectivity index (χ1v) is 5.54. The van der Waals surface area contributed by atoms with E-state index in [2.05, 4.69) is 0 Å². The quantitative estimate of drug-likeness (QED) is 0.544. The fraction of sp³-hybridized carbons (Fsp3) is 0.400. The number of aliphatic hydroxyl groups is 1. The van der Waals surface area contributed by atoms with Crippen LogP contribution in [-0.4, -0.2) is 46.5 Å². The van der Waals surface area contributed by atoms with E-state index < -0.39 is 4.92 Å². The molecule has 0 atom stereocenters. The average molecular weight is 278 g/mol. The lowest BCUT2D eigenvalue weighted by molar-refractivity contribution is -0.384. The molecule has 0 spiro atoms. The summed E-state index contributed by atoms with van der Waals surface area (Å²) in [5, 5.41) is 28.2. The van der Waals surface area contributed by atoms with Gasteiger partial charge in [-0.2, -0.15) is 5.06 Å². The summed E-state index contributed by atoms with van der Waals surface area (Å²) in [6.07, 6.45) is 0. The number of halogens is 1. The summed E-state index contributed by atoms with van der Waals surface area (Å²) in [4.78, 5) is 9.63. The van der Waals surface area contributed by atoms with Crippen LogP contribution < -0.4 is 5.73 Å². The SMILES string of the molecule is NCCN(O)CCO.O=[N+]([O-])c1ccccc1Cl. The first-order valence-electron chi connectivity index (χ1n) is 5.16. The Morgan fingerprint density at radius 2 is 2.00 bits per heavy atom. The second-order valence-electron chi connectivity index (χ2n) is 3.17. The Hall–Kier alpha value is -1.25. The van der Waals surface area contributed by atoms with Gasteiger partial charge in [0.2, 0.25) is 0 Å². The van der Waals surface area contributed by atoms with Gasteiger partial charge in [-0.1, -0.05) is 23.7 Å². The van der Waals surface area contributed by atoms with Gasteiger partial charge in [0.25, 0.3) is 5.69 Å². The molecule has 0 saturated heterocycles. The van der Waals surface area contributed by atoms with E-state index in [9.17, 15) is 10.1 Å². The van der Waals surface area contributed by atoms with Crippen LogP contribution in [0.25, 0.3) is 0 Å². The second kappa shape index (κ2) is 9.75. The number of benzene rings is 1. The van der Waals surface area contributed by atoms with Crippen molar-refractivity contribution in [2.24, 2.45) is 5.73 Å². The lowest BCUT2D eigenvalue weighted by Crippen LogP contribution is -2.28. The summed E-state index contributed by atoms with van der Waals surface area (Å²) in [5.74, 6) is 0. The van der Waals surface area contributed by atoms with Gasteiger partial charge in [0.15, 0.2) is 0 Å². The summed E-state index contributed by atoms with van der Waals surface area (Å²) in [5.41, 5.74) is 5.02. The van der Waals surface area contributed by atoms with E-state index in [0.717, 1.165) is 5.06 Å². The fourth-order valence-electron chi connectivity index (χ4n) is 0.976. The molecule has 18 heavy (non-hydrogen) atoms. The monoisotopic (exact) mass is 277 g/mol. The molecule has 1 rings (SSSR count). The minimum absolute atomic E-state index is 0.0312. The normalized spacial score (nSPS) is 9.83. The number of hydrogen-bond donors (Lipinski definition) is 3. The van der Waals surface area contributed by atoms with E-state index >= 15 is 0 Å². The number of para-hydroxylation sites is 1. The van der Waals surface area contributed by atoms with Crippen molar-refractivity contribution in [3.05, 3.63) is 39.4 Å². The maximum atomic E-state index is 10.1. The highest BCUT2D eigenvalue weighted by molar-refractivity contribution is 6.32. The molecule has 8 heteroatoms. The molecule has 0 bridgehead atoms. The number of nitro benzene ring substituents is 1. The molecule has 0 saturated carbocycles. The molecule has 102 valence electrons. The van der Waals surface area contributed by atoms with Crippen molar-refractivity contribution >= 4 is 17.3 Å². The van der Waals surface area contributed by atoms with Crippen molar-refractivity contribution in [2.75, 3.05) is 26.2 Å². The van der Waals surface area contributed by atoms with Crippen LogP contribution in [0.1, 0.15) is 0 Å². The topological polar surface area (TPSA) is 113 Å². The second-order valence-corrected chi connectivity index (χ2v) is 3.58. The van der Waals surface area contributed by atoms with Crippen LogP contribution >= 0.6 is 11.6 Å². The molecule has 0 radical (unpaired) electrons. The summed E-state index contributed by atoms with van der Waals surface area (Å²) >= 11 is 5.48.